The Bertz CT molecular complexity index is 400. The molecule has 2 heterocycles. The molecule has 0 saturated carbocycles. The van der Waals surface area contributed by atoms with E-state index in [0.717, 1.165) is 29.0 Å². The third-order valence-electron chi connectivity index (χ3n) is 3.95. The van der Waals surface area contributed by atoms with Crippen LogP contribution in [0.5, 0.6) is 0 Å². The average molecular weight is 282 g/mol. The van der Waals surface area contributed by atoms with Gasteiger partial charge in [-0.3, -0.25) is 4.90 Å². The van der Waals surface area contributed by atoms with Crippen LogP contribution in [-0.4, -0.2) is 30.0 Å². The standard InChI is InChI=1S/C15H24ClN3/c1-3-4-12-7-9-19(10-8-12)11-14-13(16)5-6-15(17-2)18-14/h5-6,12H,3-4,7-11H2,1-2H3,(H,17,18). The minimum Gasteiger partial charge on any atom is -0.373 e. The smallest absolute Gasteiger partial charge is 0.126 e. The van der Waals surface area contributed by atoms with Crippen molar-refractivity contribution in [1.82, 2.24) is 9.88 Å². The molecule has 1 saturated heterocycles. The van der Waals surface area contributed by atoms with Crippen molar-refractivity contribution in [3.8, 4) is 0 Å². The summed E-state index contributed by atoms with van der Waals surface area (Å²) in [5.74, 6) is 1.81. The Kier molecular flexibility index (Phi) is 5.46. The van der Waals surface area contributed by atoms with Crippen LogP contribution in [0.1, 0.15) is 38.3 Å². The van der Waals surface area contributed by atoms with E-state index in [9.17, 15) is 0 Å². The van der Waals surface area contributed by atoms with E-state index in [4.69, 9.17) is 11.6 Å². The highest BCUT2D eigenvalue weighted by molar-refractivity contribution is 6.31. The van der Waals surface area contributed by atoms with Gasteiger partial charge in [0.05, 0.1) is 10.7 Å². The quantitative estimate of drug-likeness (QED) is 0.890. The van der Waals surface area contributed by atoms with E-state index in [0.29, 0.717) is 0 Å². The maximum absolute atomic E-state index is 6.23. The van der Waals surface area contributed by atoms with Crippen molar-refractivity contribution in [3.05, 3.63) is 22.8 Å². The molecule has 19 heavy (non-hydrogen) atoms. The molecular weight excluding hydrogens is 258 g/mol. The zero-order valence-electron chi connectivity index (χ0n) is 12.0. The lowest BCUT2D eigenvalue weighted by Gasteiger charge is -2.31. The molecule has 1 fully saturated rings. The molecular formula is C15H24ClN3. The van der Waals surface area contributed by atoms with Crippen LogP contribution in [0.2, 0.25) is 5.02 Å². The Morgan fingerprint density at radius 3 is 2.74 bits per heavy atom. The van der Waals surface area contributed by atoms with Crippen LogP contribution in [-0.2, 0) is 6.54 Å². The molecule has 0 spiro atoms. The van der Waals surface area contributed by atoms with Gasteiger partial charge in [-0.05, 0) is 44.0 Å². The molecule has 1 N–H and O–H groups in total. The Balaban J connectivity index is 1.91. The number of hydrogen-bond acceptors (Lipinski definition) is 3. The van der Waals surface area contributed by atoms with Gasteiger partial charge in [0.2, 0.25) is 0 Å². The monoisotopic (exact) mass is 281 g/mol. The van der Waals surface area contributed by atoms with Crippen LogP contribution in [0.3, 0.4) is 0 Å². The van der Waals surface area contributed by atoms with Crippen LogP contribution in [0.4, 0.5) is 5.82 Å². The number of pyridine rings is 1. The molecule has 0 bridgehead atoms. The highest BCUT2D eigenvalue weighted by atomic mass is 35.5. The number of aromatic nitrogens is 1. The Labute approximate surface area is 121 Å². The van der Waals surface area contributed by atoms with Crippen LogP contribution in [0, 0.1) is 5.92 Å². The lowest BCUT2D eigenvalue weighted by atomic mass is 9.92. The number of nitrogens with one attached hydrogen (secondary N) is 1. The third-order valence-corrected chi connectivity index (χ3v) is 4.30. The second-order valence-electron chi connectivity index (χ2n) is 5.38. The second-order valence-corrected chi connectivity index (χ2v) is 5.79. The normalized spacial score (nSPS) is 17.6. The number of halogens is 1. The van der Waals surface area contributed by atoms with Gasteiger partial charge in [0.15, 0.2) is 0 Å². The van der Waals surface area contributed by atoms with E-state index in [1.807, 2.05) is 19.2 Å². The Hall–Kier alpha value is -0.800. The van der Waals surface area contributed by atoms with Crippen LogP contribution in [0.25, 0.3) is 0 Å². The predicted octanol–water partition coefficient (Wildman–Crippen LogP) is 3.79. The minimum absolute atomic E-state index is 0.773. The van der Waals surface area contributed by atoms with Crippen molar-refractivity contribution < 1.29 is 0 Å². The number of likely N-dealkylation sites (tertiary alicyclic amines) is 1. The van der Waals surface area contributed by atoms with Crippen molar-refractivity contribution >= 4 is 17.4 Å². The summed E-state index contributed by atoms with van der Waals surface area (Å²) in [4.78, 5) is 7.03. The van der Waals surface area contributed by atoms with Crippen molar-refractivity contribution in [3.63, 3.8) is 0 Å². The molecule has 2 rings (SSSR count). The second kappa shape index (κ2) is 7.11. The minimum atomic E-state index is 0.773. The summed E-state index contributed by atoms with van der Waals surface area (Å²) in [6.45, 7) is 5.49. The van der Waals surface area contributed by atoms with Gasteiger partial charge in [0, 0.05) is 13.6 Å². The fraction of sp³-hybridized carbons (Fsp3) is 0.667. The Morgan fingerprint density at radius 2 is 2.11 bits per heavy atom. The molecule has 106 valence electrons. The maximum Gasteiger partial charge on any atom is 0.126 e. The predicted molar refractivity (Wildman–Crippen MR) is 81.7 cm³/mol. The molecule has 1 aliphatic heterocycles. The van der Waals surface area contributed by atoms with Crippen molar-refractivity contribution in [1.29, 1.82) is 0 Å². The molecule has 1 aliphatic rings. The topological polar surface area (TPSA) is 28.2 Å². The summed E-state index contributed by atoms with van der Waals surface area (Å²) in [5.41, 5.74) is 0.988. The van der Waals surface area contributed by atoms with Gasteiger partial charge in [-0.1, -0.05) is 31.4 Å². The maximum atomic E-state index is 6.23. The Morgan fingerprint density at radius 1 is 1.37 bits per heavy atom. The summed E-state index contributed by atoms with van der Waals surface area (Å²) >= 11 is 6.23. The van der Waals surface area contributed by atoms with Gasteiger partial charge < -0.3 is 5.32 Å². The SMILES string of the molecule is CCCC1CCN(Cc2nc(NC)ccc2Cl)CC1. The van der Waals surface area contributed by atoms with Gasteiger partial charge >= 0.3 is 0 Å². The molecule has 1 aromatic heterocycles. The number of anilines is 1. The van der Waals surface area contributed by atoms with Crippen LogP contribution in [0.15, 0.2) is 12.1 Å². The molecule has 4 heteroatoms. The molecule has 0 radical (unpaired) electrons. The summed E-state index contributed by atoms with van der Waals surface area (Å²) in [5, 5.41) is 3.84. The number of rotatable bonds is 5. The zero-order valence-corrected chi connectivity index (χ0v) is 12.7. The van der Waals surface area contributed by atoms with E-state index in [2.05, 4.69) is 22.1 Å². The van der Waals surface area contributed by atoms with Gasteiger partial charge in [0.25, 0.3) is 0 Å². The van der Waals surface area contributed by atoms with E-state index < -0.39 is 0 Å². The van der Waals surface area contributed by atoms with Crippen molar-refractivity contribution in [2.75, 3.05) is 25.5 Å². The van der Waals surface area contributed by atoms with Crippen LogP contribution >= 0.6 is 11.6 Å². The summed E-state index contributed by atoms with van der Waals surface area (Å²) < 4.78 is 0. The number of hydrogen-bond donors (Lipinski definition) is 1. The van der Waals surface area contributed by atoms with Crippen molar-refractivity contribution in [2.45, 2.75) is 39.2 Å². The first-order valence-corrected chi connectivity index (χ1v) is 7.66. The highest BCUT2D eigenvalue weighted by Gasteiger charge is 2.19. The van der Waals surface area contributed by atoms with E-state index in [1.54, 1.807) is 0 Å². The largest absolute Gasteiger partial charge is 0.373 e. The van der Waals surface area contributed by atoms with Gasteiger partial charge in [-0.2, -0.15) is 0 Å². The summed E-state index contributed by atoms with van der Waals surface area (Å²) in [6.07, 6.45) is 5.32. The third kappa shape index (κ3) is 4.08. The van der Waals surface area contributed by atoms with E-state index >= 15 is 0 Å². The molecule has 3 nitrogen and oxygen atoms in total. The lowest BCUT2D eigenvalue weighted by Crippen LogP contribution is -2.33. The fourth-order valence-electron chi connectivity index (χ4n) is 2.79. The molecule has 0 unspecified atom stereocenters. The van der Waals surface area contributed by atoms with E-state index in [-0.39, 0.29) is 0 Å². The zero-order chi connectivity index (χ0) is 13.7. The first-order chi connectivity index (χ1) is 9.22. The number of nitrogens with zero attached hydrogens (tertiary/aromatic N) is 2. The van der Waals surface area contributed by atoms with E-state index in [1.165, 1.54) is 38.8 Å². The van der Waals surface area contributed by atoms with Gasteiger partial charge in [0.1, 0.15) is 5.82 Å². The molecule has 0 amide bonds. The average Bonchev–Trinajstić information content (AvgIpc) is 2.44. The molecule has 0 aliphatic carbocycles. The first-order valence-electron chi connectivity index (χ1n) is 7.28. The molecule has 1 aromatic rings. The fourth-order valence-corrected chi connectivity index (χ4v) is 2.95. The first kappa shape index (κ1) is 14.6. The van der Waals surface area contributed by atoms with Gasteiger partial charge in [-0.15, -0.1) is 0 Å². The lowest BCUT2D eigenvalue weighted by molar-refractivity contribution is 0.170. The number of piperidine rings is 1. The van der Waals surface area contributed by atoms with Crippen molar-refractivity contribution in [2.24, 2.45) is 5.92 Å². The summed E-state index contributed by atoms with van der Waals surface area (Å²) in [7, 11) is 1.89. The van der Waals surface area contributed by atoms with Gasteiger partial charge in [-0.25, -0.2) is 4.98 Å². The summed E-state index contributed by atoms with van der Waals surface area (Å²) in [6, 6.07) is 3.85. The van der Waals surface area contributed by atoms with Crippen LogP contribution < -0.4 is 5.32 Å². The molecule has 0 aromatic carbocycles. The molecule has 0 atom stereocenters. The highest BCUT2D eigenvalue weighted by Crippen LogP contribution is 2.24.